The van der Waals surface area contributed by atoms with E-state index < -0.39 is 0 Å². The Balaban J connectivity index is 0.000000153. The Bertz CT molecular complexity index is 5650. The Labute approximate surface area is 542 Å². The largest absolute Gasteiger partial charge is 0.0616 e. The van der Waals surface area contributed by atoms with Gasteiger partial charge in [0.2, 0.25) is 0 Å². The topological polar surface area (TPSA) is 0 Å². The zero-order valence-corrected chi connectivity index (χ0v) is 55.4. The predicted octanol–water partition coefficient (Wildman–Crippen LogP) is 26.8. The first-order chi connectivity index (χ1) is 44.1. The third-order valence-corrected chi connectivity index (χ3v) is 19.9. The molecule has 92 heavy (non-hydrogen) atoms. The summed E-state index contributed by atoms with van der Waals surface area (Å²) in [5.41, 5.74) is 15.9. The second-order valence-corrected chi connectivity index (χ2v) is 30.1. The molecule has 0 spiro atoms. The zero-order valence-electron chi connectivity index (χ0n) is 55.4. The minimum absolute atomic E-state index is 0.0235. The van der Waals surface area contributed by atoms with E-state index in [1.165, 1.54) is 174 Å². The summed E-state index contributed by atoms with van der Waals surface area (Å²) in [5, 5.41) is 25.8. The first-order valence-electron chi connectivity index (χ1n) is 33.0. The maximum absolute atomic E-state index is 2.48. The van der Waals surface area contributed by atoms with E-state index in [-0.39, 0.29) is 21.7 Å². The van der Waals surface area contributed by atoms with Crippen molar-refractivity contribution >= 4 is 108 Å². The van der Waals surface area contributed by atoms with Gasteiger partial charge in [-0.3, -0.25) is 0 Å². The second-order valence-electron chi connectivity index (χ2n) is 30.1. The summed E-state index contributed by atoms with van der Waals surface area (Å²) in [7, 11) is 0. The van der Waals surface area contributed by atoms with Crippen LogP contribution in [0.15, 0.2) is 267 Å². The van der Waals surface area contributed by atoms with Crippen molar-refractivity contribution in [1.29, 1.82) is 0 Å². The molecule has 0 fully saturated rings. The van der Waals surface area contributed by atoms with Crippen LogP contribution in [0.5, 0.6) is 0 Å². The fourth-order valence-electron chi connectivity index (χ4n) is 14.6. The number of rotatable bonds is 4. The molecule has 0 saturated carbocycles. The molecule has 0 heteroatoms. The summed E-state index contributed by atoms with van der Waals surface area (Å²) in [5.74, 6) is 0. The maximum atomic E-state index is 2.48. The van der Waals surface area contributed by atoms with Crippen LogP contribution in [-0.4, -0.2) is 0 Å². The van der Waals surface area contributed by atoms with Gasteiger partial charge in [0.05, 0.1) is 0 Å². The lowest BCUT2D eigenvalue weighted by Gasteiger charge is -2.25. The molecule has 0 aliphatic heterocycles. The summed E-state index contributed by atoms with van der Waals surface area (Å²) in [4.78, 5) is 0. The Hall–Kier alpha value is -9.88. The molecule has 0 unspecified atom stereocenters. The van der Waals surface area contributed by atoms with Crippen molar-refractivity contribution in [3.05, 3.63) is 289 Å². The molecule has 0 radical (unpaired) electrons. The van der Waals surface area contributed by atoms with Gasteiger partial charge in [-0.15, -0.1) is 0 Å². The molecule has 0 aliphatic carbocycles. The second kappa shape index (κ2) is 21.9. The van der Waals surface area contributed by atoms with Gasteiger partial charge in [-0.1, -0.05) is 308 Å². The van der Waals surface area contributed by atoms with E-state index in [1.54, 1.807) is 0 Å². The minimum atomic E-state index is 0.0235. The number of hydrogen-bond donors (Lipinski definition) is 0. The first kappa shape index (κ1) is 58.5. The molecule has 0 saturated heterocycles. The van der Waals surface area contributed by atoms with Crippen LogP contribution in [0.25, 0.3) is 152 Å². The molecule has 0 heterocycles. The van der Waals surface area contributed by atoms with Gasteiger partial charge in [0.15, 0.2) is 0 Å². The maximum Gasteiger partial charge on any atom is -0.00200 e. The SMILES string of the molecule is CC(C)(C)c1ccc2c(-c3ccc4ccc5ccccc5c4c3)c3cc(C(C)(C)C)ccc3c(-c3ccc4ccccc4c3)c2c1.CC(C)(C)c1ccc2c(-c3cccc4ccccc34)c3cc(C(C)(C)C)ccc3c(-c3ccc4ccc5ccccc5c4c3)c2c1. The van der Waals surface area contributed by atoms with Gasteiger partial charge in [0, 0.05) is 0 Å². The van der Waals surface area contributed by atoms with Crippen LogP contribution in [0.1, 0.15) is 105 Å². The van der Waals surface area contributed by atoms with Crippen LogP contribution < -0.4 is 0 Å². The average molecular weight is 1190 g/mol. The Morgan fingerprint density at radius 2 is 0.446 bits per heavy atom. The summed E-state index contributed by atoms with van der Waals surface area (Å²) in [6, 6.07) is 101. The molecule has 0 aromatic heterocycles. The highest BCUT2D eigenvalue weighted by Crippen LogP contribution is 2.50. The van der Waals surface area contributed by atoms with E-state index in [0.29, 0.717) is 0 Å². The quantitative estimate of drug-likeness (QED) is 0.122. The van der Waals surface area contributed by atoms with Gasteiger partial charge in [-0.2, -0.15) is 0 Å². The highest BCUT2D eigenvalue weighted by atomic mass is 14.3. The predicted molar refractivity (Wildman–Crippen MR) is 404 cm³/mol. The number of fused-ring (bicyclic) bond motifs is 12. The van der Waals surface area contributed by atoms with E-state index in [0.717, 1.165) is 0 Å². The lowest BCUT2D eigenvalue weighted by Crippen LogP contribution is -2.11. The molecule has 0 atom stereocenters. The lowest BCUT2D eigenvalue weighted by molar-refractivity contribution is 0.590. The highest BCUT2D eigenvalue weighted by Gasteiger charge is 2.26. The van der Waals surface area contributed by atoms with Crippen LogP contribution in [-0.2, 0) is 21.7 Å². The van der Waals surface area contributed by atoms with E-state index in [9.17, 15) is 0 Å². The molecular formula is C92H80. The zero-order chi connectivity index (χ0) is 63.6. The summed E-state index contributed by atoms with van der Waals surface area (Å²) < 4.78 is 0. The van der Waals surface area contributed by atoms with Gasteiger partial charge in [0.1, 0.15) is 0 Å². The normalized spacial score (nSPS) is 12.6. The van der Waals surface area contributed by atoms with Crippen LogP contribution in [0, 0.1) is 0 Å². The van der Waals surface area contributed by atoms with Crippen molar-refractivity contribution < 1.29 is 0 Å². The first-order valence-corrected chi connectivity index (χ1v) is 33.0. The highest BCUT2D eigenvalue weighted by molar-refractivity contribution is 6.26. The third kappa shape index (κ3) is 10.3. The van der Waals surface area contributed by atoms with Crippen molar-refractivity contribution in [2.75, 3.05) is 0 Å². The molecule has 448 valence electrons. The van der Waals surface area contributed by atoms with Gasteiger partial charge in [0.25, 0.3) is 0 Å². The Morgan fingerprint density at radius 1 is 0.163 bits per heavy atom. The van der Waals surface area contributed by atoms with Crippen molar-refractivity contribution in [2.45, 2.75) is 105 Å². The summed E-state index contributed by atoms with van der Waals surface area (Å²) >= 11 is 0. The van der Waals surface area contributed by atoms with Crippen molar-refractivity contribution in [1.82, 2.24) is 0 Å². The molecule has 0 aliphatic rings. The molecule has 16 rings (SSSR count). The fraction of sp³-hybridized carbons (Fsp3) is 0.174. The van der Waals surface area contributed by atoms with Crippen molar-refractivity contribution in [3.63, 3.8) is 0 Å². The third-order valence-electron chi connectivity index (χ3n) is 19.9. The smallest absolute Gasteiger partial charge is 0.00200 e. The van der Waals surface area contributed by atoms with E-state index in [4.69, 9.17) is 0 Å². The number of hydrogen-bond acceptors (Lipinski definition) is 0. The van der Waals surface area contributed by atoms with Crippen molar-refractivity contribution in [3.8, 4) is 44.5 Å². The monoisotopic (exact) mass is 1180 g/mol. The fourth-order valence-corrected chi connectivity index (χ4v) is 14.6. The standard InChI is InChI=1S/2C46H40/c1-45(2,3)33-23-25-39-41(27-33)43(32-21-20-31-19-18-30-13-8-10-16-36(30)40(31)26-32)38-24-22-34(46(4,5)6)28-42(38)44(39)37-17-11-14-29-12-7-9-15-35(29)37;1-45(2,3)35-22-24-39-41(27-35)43(33-19-15-29-11-7-8-13-32(29)25-33)38-23-21-36(46(4,5)6)28-42(38)44(39)34-20-18-31-17-16-30-12-9-10-14-37(30)40(31)26-34/h2*7-28H,1-6H3. The van der Waals surface area contributed by atoms with Gasteiger partial charge in [-0.05, 0) is 239 Å². The molecule has 16 aromatic rings. The van der Waals surface area contributed by atoms with Gasteiger partial charge < -0.3 is 0 Å². The number of benzene rings is 16. The van der Waals surface area contributed by atoms with Crippen LogP contribution in [0.3, 0.4) is 0 Å². The van der Waals surface area contributed by atoms with Gasteiger partial charge in [-0.25, -0.2) is 0 Å². The molecule has 0 nitrogen and oxygen atoms in total. The van der Waals surface area contributed by atoms with Gasteiger partial charge >= 0.3 is 0 Å². The Morgan fingerprint density at radius 3 is 0.848 bits per heavy atom. The molecule has 0 bridgehead atoms. The molecular weight excluding hydrogens is 1110 g/mol. The minimum Gasteiger partial charge on any atom is -0.0616 e. The van der Waals surface area contributed by atoms with Crippen LogP contribution >= 0.6 is 0 Å². The Kier molecular flexibility index (Phi) is 13.9. The molecule has 16 aromatic carbocycles. The van der Waals surface area contributed by atoms with E-state index in [2.05, 4.69) is 350 Å². The molecule has 0 N–H and O–H groups in total. The van der Waals surface area contributed by atoms with Crippen LogP contribution in [0.2, 0.25) is 0 Å². The summed E-state index contributed by atoms with van der Waals surface area (Å²) in [6.45, 7) is 27.8. The van der Waals surface area contributed by atoms with E-state index >= 15 is 0 Å². The lowest BCUT2D eigenvalue weighted by atomic mass is 9.79. The summed E-state index contributed by atoms with van der Waals surface area (Å²) in [6.07, 6.45) is 0. The van der Waals surface area contributed by atoms with E-state index in [1.807, 2.05) is 0 Å². The van der Waals surface area contributed by atoms with Crippen molar-refractivity contribution in [2.24, 2.45) is 0 Å². The van der Waals surface area contributed by atoms with Crippen LogP contribution in [0.4, 0.5) is 0 Å². The average Bonchev–Trinajstić information content (AvgIpc) is 0.734. The molecule has 0 amide bonds.